The third-order valence-electron chi connectivity index (χ3n) is 6.92. The highest BCUT2D eigenvalue weighted by atomic mass is 16.4. The monoisotopic (exact) mass is 454 g/mol. The predicted octanol–water partition coefficient (Wildman–Crippen LogP) is 5.63. The molecule has 1 fully saturated rings. The minimum atomic E-state index is -0.878. The van der Waals surface area contributed by atoms with Crippen LogP contribution in [-0.4, -0.2) is 29.4 Å². The number of hydrogen-bond donors (Lipinski definition) is 2. The third-order valence-corrected chi connectivity index (χ3v) is 6.92. The molecule has 2 aliphatic rings. The highest BCUT2D eigenvalue weighted by molar-refractivity contribution is 6.03. The number of fused-ring (bicyclic) bond motifs is 1. The Labute approximate surface area is 198 Å². The number of ketones is 1. The van der Waals surface area contributed by atoms with Gasteiger partial charge in [0.2, 0.25) is 0 Å². The molecule has 1 saturated carbocycles. The van der Waals surface area contributed by atoms with Gasteiger partial charge in [-0.25, -0.2) is 4.79 Å². The number of carbonyl (C=O) groups excluding carboxylic acids is 2. The fraction of sp³-hybridized carbons (Fsp3) is 0.250. The van der Waals surface area contributed by atoms with Gasteiger partial charge in [0.05, 0.1) is 5.92 Å². The van der Waals surface area contributed by atoms with E-state index in [1.165, 1.54) is 0 Å². The van der Waals surface area contributed by atoms with E-state index in [1.807, 2.05) is 54.6 Å². The van der Waals surface area contributed by atoms with Crippen LogP contribution in [0.1, 0.15) is 35.2 Å². The summed E-state index contributed by atoms with van der Waals surface area (Å²) in [6, 6.07) is 22.7. The summed E-state index contributed by atoms with van der Waals surface area (Å²) >= 11 is 0. The van der Waals surface area contributed by atoms with E-state index in [0.29, 0.717) is 24.9 Å². The molecule has 1 aliphatic carbocycles. The maximum Gasteiger partial charge on any atom is 0.326 e. The molecule has 172 valence electrons. The van der Waals surface area contributed by atoms with E-state index in [4.69, 9.17) is 0 Å². The lowest BCUT2D eigenvalue weighted by atomic mass is 9.88. The zero-order valence-electron chi connectivity index (χ0n) is 18.7. The molecule has 2 amide bonds. The molecule has 6 heteroatoms. The average Bonchev–Trinajstić information content (AvgIpc) is 3.51. The van der Waals surface area contributed by atoms with Gasteiger partial charge < -0.3 is 10.4 Å². The number of aliphatic carboxylic acids is 1. The van der Waals surface area contributed by atoms with Gasteiger partial charge in [-0.05, 0) is 60.2 Å². The first-order chi connectivity index (χ1) is 16.5. The average molecular weight is 455 g/mol. The number of nitrogens with one attached hydrogen (secondary N) is 1. The number of carboxylic acid groups (broad SMARTS) is 1. The topological polar surface area (TPSA) is 86.7 Å². The number of Topliss-reactive ketones (excluding diaryl/α,β-unsaturated/α-hetero) is 1. The Bertz CT molecular complexity index is 1240. The number of rotatable bonds is 5. The van der Waals surface area contributed by atoms with Crippen LogP contribution in [0.2, 0.25) is 0 Å². The largest absolute Gasteiger partial charge is 0.481 e. The third kappa shape index (κ3) is 4.19. The number of anilines is 2. The van der Waals surface area contributed by atoms with Gasteiger partial charge in [0, 0.05) is 29.4 Å². The summed E-state index contributed by atoms with van der Waals surface area (Å²) in [4.78, 5) is 38.9. The summed E-state index contributed by atoms with van der Waals surface area (Å²) in [5.74, 6) is -1.97. The molecule has 34 heavy (non-hydrogen) atoms. The Hall–Kier alpha value is -3.93. The van der Waals surface area contributed by atoms with Crippen LogP contribution in [0.25, 0.3) is 11.1 Å². The lowest BCUT2D eigenvalue weighted by molar-refractivity contribution is -0.142. The van der Waals surface area contributed by atoms with Gasteiger partial charge in [-0.2, -0.15) is 0 Å². The molecule has 3 aromatic carbocycles. The Morgan fingerprint density at radius 2 is 1.56 bits per heavy atom. The fourth-order valence-corrected chi connectivity index (χ4v) is 5.12. The first kappa shape index (κ1) is 21.9. The smallest absolute Gasteiger partial charge is 0.326 e. The molecule has 0 spiro atoms. The minimum absolute atomic E-state index is 0.0783. The molecule has 0 saturated heterocycles. The number of carbonyl (C=O) groups is 3. The standard InChI is InChI=1S/C28H26N2O4/c31-26(23-7-4-8-24(23)27(32)33)19-11-9-18(10-12-19)20-13-14-25-21(17-20)15-16-30(25)28(34)29-22-5-2-1-3-6-22/h1-3,5-6,9-14,17,23-24H,4,7-8,15-16H2,(H,29,34)(H,32,33)/t23-,24+/m1/s1. The zero-order chi connectivity index (χ0) is 23.7. The summed E-state index contributed by atoms with van der Waals surface area (Å²) < 4.78 is 0. The Balaban J connectivity index is 1.30. The molecule has 3 aromatic rings. The summed E-state index contributed by atoms with van der Waals surface area (Å²) in [5.41, 5.74) is 5.34. The van der Waals surface area contributed by atoms with Crippen molar-refractivity contribution < 1.29 is 19.5 Å². The predicted molar refractivity (Wildman–Crippen MR) is 131 cm³/mol. The lowest BCUT2D eigenvalue weighted by Crippen LogP contribution is -2.33. The van der Waals surface area contributed by atoms with E-state index >= 15 is 0 Å². The van der Waals surface area contributed by atoms with Crippen LogP contribution in [0.15, 0.2) is 72.8 Å². The summed E-state index contributed by atoms with van der Waals surface area (Å²) in [6.07, 6.45) is 2.76. The number of amides is 2. The van der Waals surface area contributed by atoms with Crippen LogP contribution < -0.4 is 10.2 Å². The number of para-hydroxylation sites is 1. The van der Waals surface area contributed by atoms with Crippen LogP contribution in [-0.2, 0) is 11.2 Å². The second-order valence-corrected chi connectivity index (χ2v) is 8.97. The van der Waals surface area contributed by atoms with Crippen molar-refractivity contribution >= 4 is 29.2 Å². The van der Waals surface area contributed by atoms with Crippen molar-refractivity contribution in [2.24, 2.45) is 11.8 Å². The summed E-state index contributed by atoms with van der Waals surface area (Å²) in [6.45, 7) is 0.622. The Morgan fingerprint density at radius 1 is 0.853 bits per heavy atom. The van der Waals surface area contributed by atoms with E-state index in [0.717, 1.165) is 40.9 Å². The van der Waals surface area contributed by atoms with Gasteiger partial charge >= 0.3 is 12.0 Å². The normalized spacial score (nSPS) is 19.0. The Kier molecular flexibility index (Phi) is 5.88. The summed E-state index contributed by atoms with van der Waals surface area (Å²) in [5, 5.41) is 12.3. The maximum absolute atomic E-state index is 12.9. The first-order valence-corrected chi connectivity index (χ1v) is 11.7. The number of carboxylic acids is 1. The molecule has 1 heterocycles. The highest BCUT2D eigenvalue weighted by Gasteiger charge is 2.38. The van der Waals surface area contributed by atoms with E-state index in [1.54, 1.807) is 17.0 Å². The van der Waals surface area contributed by atoms with Crippen molar-refractivity contribution in [1.82, 2.24) is 0 Å². The van der Waals surface area contributed by atoms with E-state index in [-0.39, 0.29) is 11.8 Å². The molecule has 2 N–H and O–H groups in total. The Morgan fingerprint density at radius 3 is 2.29 bits per heavy atom. The maximum atomic E-state index is 12.9. The van der Waals surface area contributed by atoms with E-state index in [9.17, 15) is 19.5 Å². The molecule has 5 rings (SSSR count). The number of hydrogen-bond acceptors (Lipinski definition) is 3. The molecule has 0 radical (unpaired) electrons. The van der Waals surface area contributed by atoms with Crippen LogP contribution in [0.4, 0.5) is 16.2 Å². The summed E-state index contributed by atoms with van der Waals surface area (Å²) in [7, 11) is 0. The van der Waals surface area contributed by atoms with Crippen molar-refractivity contribution in [3.8, 4) is 11.1 Å². The molecule has 0 unspecified atom stereocenters. The lowest BCUT2D eigenvalue weighted by Gasteiger charge is -2.18. The van der Waals surface area contributed by atoms with Crippen molar-refractivity contribution in [2.45, 2.75) is 25.7 Å². The number of benzene rings is 3. The van der Waals surface area contributed by atoms with Gasteiger partial charge in [0.25, 0.3) is 0 Å². The zero-order valence-corrected chi connectivity index (χ0v) is 18.7. The van der Waals surface area contributed by atoms with Gasteiger partial charge in [0.1, 0.15) is 0 Å². The first-order valence-electron chi connectivity index (χ1n) is 11.7. The van der Waals surface area contributed by atoms with Crippen molar-refractivity contribution in [3.63, 3.8) is 0 Å². The number of nitrogens with zero attached hydrogens (tertiary/aromatic N) is 1. The quantitative estimate of drug-likeness (QED) is 0.489. The molecule has 0 aromatic heterocycles. The van der Waals surface area contributed by atoms with E-state index in [2.05, 4.69) is 11.4 Å². The van der Waals surface area contributed by atoms with Crippen LogP contribution in [0, 0.1) is 11.8 Å². The molecule has 1 aliphatic heterocycles. The fourth-order valence-electron chi connectivity index (χ4n) is 5.12. The number of urea groups is 1. The van der Waals surface area contributed by atoms with Crippen molar-refractivity contribution in [3.05, 3.63) is 83.9 Å². The molecule has 2 atom stereocenters. The van der Waals surface area contributed by atoms with Gasteiger partial charge in [0.15, 0.2) is 5.78 Å². The van der Waals surface area contributed by atoms with Crippen molar-refractivity contribution in [1.29, 1.82) is 0 Å². The molecular weight excluding hydrogens is 428 g/mol. The second-order valence-electron chi connectivity index (χ2n) is 8.97. The van der Waals surface area contributed by atoms with Crippen LogP contribution in [0.5, 0.6) is 0 Å². The van der Waals surface area contributed by atoms with Crippen LogP contribution >= 0.6 is 0 Å². The van der Waals surface area contributed by atoms with Crippen LogP contribution in [0.3, 0.4) is 0 Å². The second kappa shape index (κ2) is 9.14. The SMILES string of the molecule is O=C(O)[C@H]1CCC[C@H]1C(=O)c1ccc(-c2ccc3c(c2)CCN3C(=O)Nc2ccccc2)cc1. The highest BCUT2D eigenvalue weighted by Crippen LogP contribution is 2.36. The van der Waals surface area contributed by atoms with Gasteiger partial charge in [-0.3, -0.25) is 14.5 Å². The van der Waals surface area contributed by atoms with Gasteiger partial charge in [-0.1, -0.05) is 55.0 Å². The molecule has 0 bridgehead atoms. The minimum Gasteiger partial charge on any atom is -0.481 e. The van der Waals surface area contributed by atoms with Crippen molar-refractivity contribution in [2.75, 3.05) is 16.8 Å². The van der Waals surface area contributed by atoms with Gasteiger partial charge in [-0.15, -0.1) is 0 Å². The molecule has 6 nitrogen and oxygen atoms in total. The van der Waals surface area contributed by atoms with E-state index < -0.39 is 17.8 Å². The molecular formula is C28H26N2O4.